The van der Waals surface area contributed by atoms with Crippen LogP contribution >= 0.6 is 0 Å². The molecule has 112 valence electrons. The van der Waals surface area contributed by atoms with E-state index >= 15 is 0 Å². The summed E-state index contributed by atoms with van der Waals surface area (Å²) < 4.78 is 65.0. The Labute approximate surface area is 112 Å². The Kier molecular flexibility index (Phi) is 2.65. The molecule has 0 radical (unpaired) electrons. The van der Waals surface area contributed by atoms with Crippen molar-refractivity contribution in [2.24, 2.45) is 17.8 Å². The normalized spacial score (nSPS) is 39.0. The minimum absolute atomic E-state index is 0.176. The number of hydrogen-bond acceptors (Lipinski definition) is 6. The first-order valence-electron chi connectivity index (χ1n) is 5.89. The first-order chi connectivity index (χ1) is 9.13. The van der Waals surface area contributed by atoms with Crippen LogP contribution in [0.4, 0.5) is 8.78 Å². The van der Waals surface area contributed by atoms with Crippen LogP contribution in [-0.4, -0.2) is 42.4 Å². The van der Waals surface area contributed by atoms with Gasteiger partial charge in [-0.05, 0) is 12.8 Å². The summed E-state index contributed by atoms with van der Waals surface area (Å²) in [7, 11) is -5.90. The SMILES string of the molecule is O=C1OC2C(OC(=O)C(F)(F)S(=O)(=O)O)[C@H]3CC2[C@H]1C3. The van der Waals surface area contributed by atoms with Gasteiger partial charge in [0.25, 0.3) is 0 Å². The van der Waals surface area contributed by atoms with Crippen LogP contribution in [0.1, 0.15) is 12.8 Å². The zero-order chi connectivity index (χ0) is 14.9. The second-order valence-electron chi connectivity index (χ2n) is 5.27. The lowest BCUT2D eigenvalue weighted by Crippen LogP contribution is -2.44. The lowest BCUT2D eigenvalue weighted by atomic mass is 9.88. The number of carbonyl (C=O) groups is 2. The highest BCUT2D eigenvalue weighted by atomic mass is 32.2. The fourth-order valence-electron chi connectivity index (χ4n) is 3.36. The summed E-state index contributed by atoms with van der Waals surface area (Å²) in [5.74, 6) is -3.56. The van der Waals surface area contributed by atoms with Crippen molar-refractivity contribution in [2.75, 3.05) is 0 Å². The number of esters is 2. The molecule has 0 aromatic heterocycles. The molecule has 0 spiro atoms. The molecule has 2 bridgehead atoms. The topological polar surface area (TPSA) is 107 Å². The smallest absolute Gasteiger partial charge is 0.458 e. The number of rotatable bonds is 3. The van der Waals surface area contributed by atoms with E-state index in [4.69, 9.17) is 9.29 Å². The molecule has 3 unspecified atom stereocenters. The third-order valence-electron chi connectivity index (χ3n) is 4.22. The maximum Gasteiger partial charge on any atom is 0.465 e. The van der Waals surface area contributed by atoms with Gasteiger partial charge in [0.1, 0.15) is 12.2 Å². The van der Waals surface area contributed by atoms with E-state index in [1.807, 2.05) is 0 Å². The maximum atomic E-state index is 13.1. The Morgan fingerprint density at radius 2 is 2.05 bits per heavy atom. The van der Waals surface area contributed by atoms with Gasteiger partial charge in [-0.3, -0.25) is 9.35 Å². The summed E-state index contributed by atoms with van der Waals surface area (Å²) in [5.41, 5.74) is 0. The molecule has 0 amide bonds. The van der Waals surface area contributed by atoms with Gasteiger partial charge < -0.3 is 9.47 Å². The van der Waals surface area contributed by atoms with E-state index in [1.54, 1.807) is 0 Å². The largest absolute Gasteiger partial charge is 0.465 e. The quantitative estimate of drug-likeness (QED) is 0.575. The lowest BCUT2D eigenvalue weighted by Gasteiger charge is -2.26. The van der Waals surface area contributed by atoms with Crippen LogP contribution in [0.2, 0.25) is 0 Å². The van der Waals surface area contributed by atoms with E-state index < -0.39 is 39.5 Å². The Morgan fingerprint density at radius 3 is 2.65 bits per heavy atom. The van der Waals surface area contributed by atoms with Gasteiger partial charge in [0.2, 0.25) is 0 Å². The molecule has 1 saturated heterocycles. The second kappa shape index (κ2) is 3.88. The van der Waals surface area contributed by atoms with Gasteiger partial charge in [0.15, 0.2) is 0 Å². The highest BCUT2D eigenvalue weighted by Crippen LogP contribution is 2.55. The van der Waals surface area contributed by atoms with Crippen LogP contribution in [0.3, 0.4) is 0 Å². The van der Waals surface area contributed by atoms with Crippen molar-refractivity contribution in [3.8, 4) is 0 Å². The summed E-state index contributed by atoms with van der Waals surface area (Å²) in [5, 5.41) is -5.03. The van der Waals surface area contributed by atoms with Crippen molar-refractivity contribution in [3.63, 3.8) is 0 Å². The summed E-state index contributed by atoms with van der Waals surface area (Å²) in [4.78, 5) is 22.7. The molecule has 1 aliphatic heterocycles. The molecule has 0 aromatic rings. The predicted octanol–water partition coefficient (Wildman–Crippen LogP) is -0.0398. The molecule has 5 atom stereocenters. The minimum atomic E-state index is -5.90. The van der Waals surface area contributed by atoms with Crippen molar-refractivity contribution in [2.45, 2.75) is 30.3 Å². The Morgan fingerprint density at radius 1 is 1.40 bits per heavy atom. The van der Waals surface area contributed by atoms with Crippen LogP contribution in [-0.2, 0) is 29.2 Å². The van der Waals surface area contributed by atoms with Gasteiger partial charge in [-0.2, -0.15) is 17.2 Å². The first kappa shape index (κ1) is 13.7. The lowest BCUT2D eigenvalue weighted by molar-refractivity contribution is -0.176. The molecule has 2 saturated carbocycles. The number of carbonyl (C=O) groups excluding carboxylic acids is 2. The molecular formula is C10H10F2O7S. The maximum absolute atomic E-state index is 13.1. The standard InChI is InChI=1S/C10H10F2O7S/c11-10(12,20(15,16)17)9(14)19-6-3-1-4-5(2-3)8(13)18-7(4)6/h3-7H,1-2H2,(H,15,16,17)/t3-,4?,5+,6?,7?/m0/s1. The minimum Gasteiger partial charge on any atom is -0.458 e. The van der Waals surface area contributed by atoms with E-state index in [9.17, 15) is 26.8 Å². The summed E-state index contributed by atoms with van der Waals surface area (Å²) in [6.07, 6.45) is -0.999. The van der Waals surface area contributed by atoms with E-state index in [2.05, 4.69) is 4.74 Å². The van der Waals surface area contributed by atoms with Crippen molar-refractivity contribution < 1.29 is 40.8 Å². The third-order valence-corrected chi connectivity index (χ3v) is 5.03. The average Bonchev–Trinajstić information content (AvgIpc) is 2.91. The third kappa shape index (κ3) is 1.67. The number of halogens is 2. The monoisotopic (exact) mass is 312 g/mol. The zero-order valence-corrected chi connectivity index (χ0v) is 10.7. The fraction of sp³-hybridized carbons (Fsp3) is 0.800. The number of alkyl halides is 2. The summed E-state index contributed by atoms with van der Waals surface area (Å²) in [6.45, 7) is 0. The van der Waals surface area contributed by atoms with E-state index in [1.165, 1.54) is 0 Å². The molecular weight excluding hydrogens is 302 g/mol. The Bertz CT molecular complexity index is 586. The molecule has 7 nitrogen and oxygen atoms in total. The van der Waals surface area contributed by atoms with E-state index in [0.29, 0.717) is 12.8 Å². The second-order valence-corrected chi connectivity index (χ2v) is 6.73. The zero-order valence-electron chi connectivity index (χ0n) is 9.86. The molecule has 1 heterocycles. The Hall–Kier alpha value is -1.29. The molecule has 20 heavy (non-hydrogen) atoms. The van der Waals surface area contributed by atoms with Gasteiger partial charge in [0.05, 0.1) is 5.92 Å². The molecule has 3 aliphatic rings. The number of hydrogen-bond donors (Lipinski definition) is 1. The molecule has 3 rings (SSSR count). The highest BCUT2D eigenvalue weighted by Gasteiger charge is 2.65. The average molecular weight is 312 g/mol. The number of ether oxygens (including phenoxy) is 2. The molecule has 1 N–H and O–H groups in total. The summed E-state index contributed by atoms with van der Waals surface area (Å²) >= 11 is 0. The molecule has 3 fully saturated rings. The van der Waals surface area contributed by atoms with Crippen LogP contribution in [0.15, 0.2) is 0 Å². The van der Waals surface area contributed by atoms with Crippen LogP contribution < -0.4 is 0 Å². The van der Waals surface area contributed by atoms with Crippen LogP contribution in [0, 0.1) is 17.8 Å². The molecule has 2 aliphatic carbocycles. The van der Waals surface area contributed by atoms with Gasteiger partial charge in [0, 0.05) is 11.8 Å². The van der Waals surface area contributed by atoms with Gasteiger partial charge in [-0.1, -0.05) is 0 Å². The molecule has 10 heteroatoms. The van der Waals surface area contributed by atoms with Crippen molar-refractivity contribution in [1.29, 1.82) is 0 Å². The van der Waals surface area contributed by atoms with Crippen molar-refractivity contribution in [3.05, 3.63) is 0 Å². The van der Waals surface area contributed by atoms with E-state index in [0.717, 1.165) is 0 Å². The van der Waals surface area contributed by atoms with Gasteiger partial charge >= 0.3 is 27.3 Å². The fourth-order valence-corrected chi connectivity index (χ4v) is 3.62. The molecule has 0 aromatic carbocycles. The highest BCUT2D eigenvalue weighted by molar-refractivity contribution is 7.87. The van der Waals surface area contributed by atoms with E-state index in [-0.39, 0.29) is 17.8 Å². The predicted molar refractivity (Wildman–Crippen MR) is 56.0 cm³/mol. The first-order valence-corrected chi connectivity index (χ1v) is 7.33. The van der Waals surface area contributed by atoms with Crippen molar-refractivity contribution >= 4 is 22.1 Å². The van der Waals surface area contributed by atoms with Crippen LogP contribution in [0.25, 0.3) is 0 Å². The summed E-state index contributed by atoms with van der Waals surface area (Å²) in [6, 6.07) is 0. The van der Waals surface area contributed by atoms with Gasteiger partial charge in [-0.15, -0.1) is 0 Å². The Balaban J connectivity index is 1.77. The van der Waals surface area contributed by atoms with Crippen molar-refractivity contribution in [1.82, 2.24) is 0 Å². The number of fused-ring (bicyclic) bond motifs is 1. The van der Waals surface area contributed by atoms with Crippen LogP contribution in [0.5, 0.6) is 0 Å². The van der Waals surface area contributed by atoms with Gasteiger partial charge in [-0.25, -0.2) is 4.79 Å².